The third kappa shape index (κ3) is 7.32. The SMILES string of the molecule is COc1cc(CCNC(=O)CCCc2nc(C(C)(C)C)no2)ccc1OC(F)F. The summed E-state index contributed by atoms with van der Waals surface area (Å²) in [4.78, 5) is 16.3. The van der Waals surface area contributed by atoms with Gasteiger partial charge in [0.05, 0.1) is 7.11 Å². The van der Waals surface area contributed by atoms with Gasteiger partial charge in [-0.15, -0.1) is 0 Å². The molecule has 0 aliphatic rings. The molecule has 1 heterocycles. The molecule has 29 heavy (non-hydrogen) atoms. The van der Waals surface area contributed by atoms with Gasteiger partial charge in [-0.2, -0.15) is 13.8 Å². The second-order valence-corrected chi connectivity index (χ2v) is 7.58. The van der Waals surface area contributed by atoms with Gasteiger partial charge in [0, 0.05) is 24.8 Å². The minimum Gasteiger partial charge on any atom is -0.493 e. The number of hydrogen-bond acceptors (Lipinski definition) is 6. The zero-order chi connectivity index (χ0) is 21.4. The van der Waals surface area contributed by atoms with E-state index in [4.69, 9.17) is 9.26 Å². The van der Waals surface area contributed by atoms with Crippen molar-refractivity contribution in [3.05, 3.63) is 35.5 Å². The molecule has 2 rings (SSSR count). The molecule has 0 unspecified atom stereocenters. The number of aromatic nitrogens is 2. The highest BCUT2D eigenvalue weighted by Crippen LogP contribution is 2.29. The largest absolute Gasteiger partial charge is 0.493 e. The quantitative estimate of drug-likeness (QED) is 0.642. The number of nitrogens with one attached hydrogen (secondary N) is 1. The van der Waals surface area contributed by atoms with Crippen LogP contribution < -0.4 is 14.8 Å². The second-order valence-electron chi connectivity index (χ2n) is 7.58. The second kappa shape index (κ2) is 10.2. The third-order valence-corrected chi connectivity index (χ3v) is 4.11. The summed E-state index contributed by atoms with van der Waals surface area (Å²) in [6.07, 6.45) is 2.03. The van der Waals surface area contributed by atoms with E-state index in [0.29, 0.717) is 43.9 Å². The van der Waals surface area contributed by atoms with Crippen LogP contribution in [0.4, 0.5) is 8.78 Å². The topological polar surface area (TPSA) is 86.5 Å². The van der Waals surface area contributed by atoms with E-state index >= 15 is 0 Å². The fourth-order valence-electron chi connectivity index (χ4n) is 2.56. The number of alkyl halides is 2. The maximum atomic E-state index is 12.4. The molecule has 0 fully saturated rings. The van der Waals surface area contributed by atoms with Gasteiger partial charge in [-0.05, 0) is 30.5 Å². The number of carbonyl (C=O) groups is 1. The van der Waals surface area contributed by atoms with Crippen molar-refractivity contribution in [1.29, 1.82) is 0 Å². The van der Waals surface area contributed by atoms with Crippen LogP contribution >= 0.6 is 0 Å². The molecule has 0 radical (unpaired) electrons. The number of amides is 1. The van der Waals surface area contributed by atoms with E-state index in [0.717, 1.165) is 5.56 Å². The molecule has 0 bridgehead atoms. The summed E-state index contributed by atoms with van der Waals surface area (Å²) in [5, 5.41) is 6.79. The van der Waals surface area contributed by atoms with E-state index in [-0.39, 0.29) is 22.8 Å². The van der Waals surface area contributed by atoms with Crippen LogP contribution in [0.2, 0.25) is 0 Å². The summed E-state index contributed by atoms with van der Waals surface area (Å²) >= 11 is 0. The zero-order valence-electron chi connectivity index (χ0n) is 17.1. The molecule has 1 amide bonds. The fraction of sp³-hybridized carbons (Fsp3) is 0.550. The molecule has 0 spiro atoms. The van der Waals surface area contributed by atoms with Crippen molar-refractivity contribution in [2.24, 2.45) is 0 Å². The Hall–Kier alpha value is -2.71. The molecule has 0 saturated carbocycles. The Labute approximate surface area is 168 Å². The summed E-state index contributed by atoms with van der Waals surface area (Å²) in [6, 6.07) is 4.71. The maximum Gasteiger partial charge on any atom is 0.387 e. The number of benzene rings is 1. The lowest BCUT2D eigenvalue weighted by Crippen LogP contribution is -2.25. The number of methoxy groups -OCH3 is 1. The van der Waals surface area contributed by atoms with Crippen molar-refractivity contribution >= 4 is 5.91 Å². The van der Waals surface area contributed by atoms with Crippen LogP contribution in [-0.2, 0) is 23.1 Å². The van der Waals surface area contributed by atoms with Gasteiger partial charge in [-0.1, -0.05) is 32.0 Å². The van der Waals surface area contributed by atoms with E-state index in [1.54, 1.807) is 12.1 Å². The first-order valence-corrected chi connectivity index (χ1v) is 9.40. The Morgan fingerprint density at radius 1 is 1.24 bits per heavy atom. The number of hydrogen-bond donors (Lipinski definition) is 1. The first kappa shape index (κ1) is 22.6. The molecule has 1 aromatic heterocycles. The number of halogens is 2. The van der Waals surface area contributed by atoms with E-state index < -0.39 is 6.61 Å². The highest BCUT2D eigenvalue weighted by atomic mass is 19.3. The standard InChI is InChI=1S/C20H27F2N3O4/c1-20(2,3)18-24-17(29-25-18)7-5-6-16(26)23-11-10-13-8-9-14(28-19(21)22)15(12-13)27-4/h8-9,12,19H,5-7,10-11H2,1-4H3,(H,23,26). The van der Waals surface area contributed by atoms with Crippen LogP contribution in [0.3, 0.4) is 0 Å². The molecule has 0 aliphatic carbocycles. The van der Waals surface area contributed by atoms with Crippen molar-refractivity contribution in [3.8, 4) is 11.5 Å². The molecule has 0 saturated heterocycles. The van der Waals surface area contributed by atoms with Crippen molar-refractivity contribution < 1.29 is 27.6 Å². The van der Waals surface area contributed by atoms with Crippen molar-refractivity contribution in [3.63, 3.8) is 0 Å². The fourth-order valence-corrected chi connectivity index (χ4v) is 2.56. The number of aryl methyl sites for hydroxylation is 1. The van der Waals surface area contributed by atoms with Crippen LogP contribution in [-0.4, -0.2) is 36.3 Å². The predicted octanol–water partition coefficient (Wildman–Crippen LogP) is 3.66. The zero-order valence-corrected chi connectivity index (χ0v) is 17.1. The Morgan fingerprint density at radius 3 is 2.62 bits per heavy atom. The van der Waals surface area contributed by atoms with Gasteiger partial charge in [0.1, 0.15) is 0 Å². The lowest BCUT2D eigenvalue weighted by Gasteiger charge is -2.11. The van der Waals surface area contributed by atoms with E-state index in [2.05, 4.69) is 20.2 Å². The van der Waals surface area contributed by atoms with E-state index in [1.165, 1.54) is 13.2 Å². The van der Waals surface area contributed by atoms with Gasteiger partial charge in [0.25, 0.3) is 0 Å². The van der Waals surface area contributed by atoms with Gasteiger partial charge in [-0.25, -0.2) is 0 Å². The number of ether oxygens (including phenoxy) is 2. The van der Waals surface area contributed by atoms with Gasteiger partial charge >= 0.3 is 6.61 Å². The van der Waals surface area contributed by atoms with E-state index in [1.807, 2.05) is 20.8 Å². The molecule has 7 nitrogen and oxygen atoms in total. The highest BCUT2D eigenvalue weighted by molar-refractivity contribution is 5.75. The monoisotopic (exact) mass is 411 g/mol. The summed E-state index contributed by atoms with van der Waals surface area (Å²) < 4.78 is 39.4. The number of rotatable bonds is 10. The van der Waals surface area contributed by atoms with Crippen LogP contribution in [0.25, 0.3) is 0 Å². The molecular weight excluding hydrogens is 384 g/mol. The van der Waals surface area contributed by atoms with Crippen LogP contribution in [0.5, 0.6) is 11.5 Å². The summed E-state index contributed by atoms with van der Waals surface area (Å²) in [5.74, 6) is 1.30. The first-order chi connectivity index (χ1) is 13.7. The third-order valence-electron chi connectivity index (χ3n) is 4.11. The lowest BCUT2D eigenvalue weighted by molar-refractivity contribution is -0.121. The molecule has 160 valence electrons. The first-order valence-electron chi connectivity index (χ1n) is 9.40. The van der Waals surface area contributed by atoms with Gasteiger partial charge in [0.15, 0.2) is 17.3 Å². The Kier molecular flexibility index (Phi) is 7.92. The Bertz CT molecular complexity index is 803. The van der Waals surface area contributed by atoms with Crippen LogP contribution in [0.1, 0.15) is 50.9 Å². The van der Waals surface area contributed by atoms with Crippen molar-refractivity contribution in [2.75, 3.05) is 13.7 Å². The van der Waals surface area contributed by atoms with Crippen LogP contribution in [0.15, 0.2) is 22.7 Å². The highest BCUT2D eigenvalue weighted by Gasteiger charge is 2.20. The normalized spacial score (nSPS) is 11.6. The molecule has 1 N–H and O–H groups in total. The minimum atomic E-state index is -2.92. The number of nitrogens with zero attached hydrogens (tertiary/aromatic N) is 2. The molecule has 0 atom stereocenters. The molecule has 9 heteroatoms. The molecule has 2 aromatic rings. The van der Waals surface area contributed by atoms with Gasteiger partial charge < -0.3 is 19.3 Å². The lowest BCUT2D eigenvalue weighted by atomic mass is 9.96. The average Bonchev–Trinajstić information content (AvgIpc) is 3.12. The smallest absolute Gasteiger partial charge is 0.387 e. The maximum absolute atomic E-state index is 12.4. The van der Waals surface area contributed by atoms with Crippen LogP contribution in [0, 0.1) is 0 Å². The summed E-state index contributed by atoms with van der Waals surface area (Å²) in [5.41, 5.74) is 0.662. The molecule has 0 aliphatic heterocycles. The average molecular weight is 411 g/mol. The Balaban J connectivity index is 1.72. The Morgan fingerprint density at radius 2 is 2.00 bits per heavy atom. The van der Waals surface area contributed by atoms with Gasteiger partial charge in [-0.3, -0.25) is 4.79 Å². The van der Waals surface area contributed by atoms with Crippen molar-refractivity contribution in [2.45, 2.75) is 58.5 Å². The van der Waals surface area contributed by atoms with Gasteiger partial charge in [0.2, 0.25) is 11.8 Å². The number of carbonyl (C=O) groups excluding carboxylic acids is 1. The predicted molar refractivity (Wildman–Crippen MR) is 102 cm³/mol. The summed E-state index contributed by atoms with van der Waals surface area (Å²) in [6.45, 7) is 3.52. The van der Waals surface area contributed by atoms with Crippen molar-refractivity contribution in [1.82, 2.24) is 15.5 Å². The minimum absolute atomic E-state index is 0.0223. The molecular formula is C20H27F2N3O4. The molecule has 1 aromatic carbocycles. The summed E-state index contributed by atoms with van der Waals surface area (Å²) in [7, 11) is 1.38. The van der Waals surface area contributed by atoms with E-state index in [9.17, 15) is 13.6 Å².